The van der Waals surface area contributed by atoms with Gasteiger partial charge in [-0.2, -0.15) is 0 Å². The number of nitrogens with zero attached hydrogens (tertiary/aromatic N) is 1. The van der Waals surface area contributed by atoms with Crippen LogP contribution in [0.15, 0.2) is 54.1 Å². The molecule has 0 spiro atoms. The van der Waals surface area contributed by atoms with Crippen LogP contribution in [0, 0.1) is 0 Å². The van der Waals surface area contributed by atoms with Gasteiger partial charge in [-0.15, -0.1) is 0 Å². The lowest BCUT2D eigenvalue weighted by atomic mass is 10.1. The number of benzene rings is 1. The molecule has 0 aliphatic carbocycles. The quantitative estimate of drug-likeness (QED) is 0.394. The van der Waals surface area contributed by atoms with Crippen LogP contribution in [0.5, 0.6) is 0 Å². The van der Waals surface area contributed by atoms with Crippen LogP contribution in [0.3, 0.4) is 0 Å². The van der Waals surface area contributed by atoms with E-state index in [1.165, 1.54) is 4.90 Å². The van der Waals surface area contributed by atoms with Crippen molar-refractivity contribution in [2.24, 2.45) is 0 Å². The third-order valence-electron chi connectivity index (χ3n) is 2.99. The molecule has 11 heteroatoms. The average Bonchev–Trinajstić information content (AvgIpc) is 2.45. The van der Waals surface area contributed by atoms with Gasteiger partial charge in [-0.25, -0.2) is 0 Å². The van der Waals surface area contributed by atoms with E-state index in [0.29, 0.717) is 17.2 Å². The van der Waals surface area contributed by atoms with Gasteiger partial charge in [-0.3, -0.25) is 18.8 Å². The summed E-state index contributed by atoms with van der Waals surface area (Å²) in [6.07, 6.45) is 2.23. The van der Waals surface area contributed by atoms with Gasteiger partial charge in [-0.1, -0.05) is 42.5 Å². The van der Waals surface area contributed by atoms with Gasteiger partial charge in [0.05, 0.1) is 0 Å². The molecule has 1 unspecified atom stereocenters. The number of aliphatic carboxylic acids is 1. The highest BCUT2D eigenvalue weighted by atomic mass is 31.2. The number of carboxylic acid groups (broad SMARTS) is 1. The van der Waals surface area contributed by atoms with E-state index in [-0.39, 0.29) is 13.1 Å². The molecule has 0 bridgehead atoms. The highest BCUT2D eigenvalue weighted by Crippen LogP contribution is 2.37. The van der Waals surface area contributed by atoms with E-state index < -0.39 is 27.2 Å². The molecule has 0 aliphatic rings. The van der Waals surface area contributed by atoms with Crippen LogP contribution in [-0.2, 0) is 13.9 Å². The van der Waals surface area contributed by atoms with Crippen molar-refractivity contribution < 1.29 is 38.6 Å². The minimum absolute atomic E-state index is 0.150. The second kappa shape index (κ2) is 9.22. The molecule has 0 amide bonds. The van der Waals surface area contributed by atoms with Crippen LogP contribution in [0.4, 0.5) is 0 Å². The Morgan fingerprint density at radius 1 is 0.960 bits per heavy atom. The van der Waals surface area contributed by atoms with Crippen molar-refractivity contribution in [1.29, 1.82) is 0 Å². The first-order valence-electron chi connectivity index (χ1n) is 6.97. The second-order valence-electron chi connectivity index (χ2n) is 5.05. The molecule has 25 heavy (non-hydrogen) atoms. The van der Waals surface area contributed by atoms with Crippen molar-refractivity contribution in [3.05, 3.63) is 59.7 Å². The Kier molecular flexibility index (Phi) is 7.92. The molecule has 1 atom stereocenters. The number of carboxylic acids is 1. The van der Waals surface area contributed by atoms with E-state index in [2.05, 4.69) is 0 Å². The maximum atomic E-state index is 11.7. The Morgan fingerprint density at radius 2 is 1.40 bits per heavy atom. The van der Waals surface area contributed by atoms with Gasteiger partial charge in [0.2, 0.25) is 0 Å². The van der Waals surface area contributed by atoms with Crippen molar-refractivity contribution >= 4 is 21.2 Å². The zero-order valence-corrected chi connectivity index (χ0v) is 14.8. The molecule has 0 aliphatic heterocycles. The summed E-state index contributed by atoms with van der Waals surface area (Å²) in [6.45, 7) is -0.301. The van der Waals surface area contributed by atoms with Crippen LogP contribution in [-0.4, -0.2) is 48.6 Å². The molecule has 1 aromatic rings. The van der Waals surface area contributed by atoms with Gasteiger partial charge >= 0.3 is 21.2 Å². The molecular formula is C14H19NO8P2. The molecule has 9 nitrogen and oxygen atoms in total. The van der Waals surface area contributed by atoms with Gasteiger partial charge in [0.15, 0.2) is 0 Å². The first-order valence-corrected chi connectivity index (χ1v) is 10.3. The van der Waals surface area contributed by atoms with E-state index in [1.54, 1.807) is 30.3 Å². The highest BCUT2D eigenvalue weighted by molar-refractivity contribution is 7.55. The molecule has 0 saturated heterocycles. The highest BCUT2D eigenvalue weighted by Gasteiger charge is 2.26. The van der Waals surface area contributed by atoms with Gasteiger partial charge in [0.1, 0.15) is 6.04 Å². The predicted octanol–water partition coefficient (Wildman–Crippen LogP) is 1.50. The maximum absolute atomic E-state index is 11.7. The second-order valence-corrected chi connectivity index (χ2v) is 8.01. The van der Waals surface area contributed by atoms with Crippen LogP contribution < -0.4 is 0 Å². The summed E-state index contributed by atoms with van der Waals surface area (Å²) in [5, 5.41) is 9.52. The van der Waals surface area contributed by atoms with Crippen molar-refractivity contribution in [2.45, 2.75) is 6.04 Å². The van der Waals surface area contributed by atoms with Crippen LogP contribution >= 0.6 is 15.2 Å². The Hall–Kier alpha value is -1.57. The van der Waals surface area contributed by atoms with Crippen LogP contribution in [0.1, 0.15) is 11.6 Å². The van der Waals surface area contributed by atoms with E-state index >= 15 is 0 Å². The van der Waals surface area contributed by atoms with Gasteiger partial charge in [-0.05, 0) is 5.56 Å². The first-order chi connectivity index (χ1) is 11.5. The normalized spacial score (nSPS) is 14.4. The number of hydrogen-bond acceptors (Lipinski definition) is 4. The fourth-order valence-corrected chi connectivity index (χ4v) is 2.81. The molecule has 0 aromatic heterocycles. The molecule has 1 rings (SSSR count). The molecular weight excluding hydrogens is 372 g/mol. The smallest absolute Gasteiger partial charge is 0.348 e. The fraction of sp³-hybridized carbons (Fsp3) is 0.214. The number of hydrogen-bond donors (Lipinski definition) is 5. The Balaban J connectivity index is 3.10. The molecule has 0 heterocycles. The molecule has 5 N–H and O–H groups in total. The molecule has 0 radical (unpaired) electrons. The summed E-state index contributed by atoms with van der Waals surface area (Å²) in [4.78, 5) is 48.4. The molecule has 0 fully saturated rings. The van der Waals surface area contributed by atoms with Gasteiger partial charge < -0.3 is 24.7 Å². The number of rotatable bonds is 9. The Labute approximate surface area is 144 Å². The molecule has 138 valence electrons. The van der Waals surface area contributed by atoms with Gasteiger partial charge in [0, 0.05) is 24.7 Å². The van der Waals surface area contributed by atoms with E-state index in [9.17, 15) is 19.0 Å². The summed E-state index contributed by atoms with van der Waals surface area (Å²) in [7, 11) is -8.79. The third kappa shape index (κ3) is 8.90. The van der Waals surface area contributed by atoms with Crippen molar-refractivity contribution in [2.75, 3.05) is 13.1 Å². The minimum Gasteiger partial charge on any atom is -0.480 e. The standard InChI is InChI=1S/C14H19NO8P2/c16-14(17)13(12-6-2-1-3-7-12)15(8-4-10-24(18,19)20)9-5-11-25(21,22)23/h1-7,10-11,13H,8-9H2,(H,16,17)(H2,18,19,20)(H2,21,22,23). The van der Waals surface area contributed by atoms with Crippen molar-refractivity contribution in [3.63, 3.8) is 0 Å². The SMILES string of the molecule is O=C(O)C(c1ccccc1)N(CC=CP(=O)(O)O)CC=CP(=O)(O)O. The van der Waals surface area contributed by atoms with Crippen molar-refractivity contribution in [1.82, 2.24) is 4.90 Å². The zero-order valence-electron chi connectivity index (χ0n) is 13.0. The summed E-state index contributed by atoms with van der Waals surface area (Å²) < 4.78 is 21.8. The minimum atomic E-state index is -4.40. The third-order valence-corrected chi connectivity index (χ3v) is 4.19. The predicted molar refractivity (Wildman–Crippen MR) is 90.8 cm³/mol. The van der Waals surface area contributed by atoms with Gasteiger partial charge in [0.25, 0.3) is 0 Å². The van der Waals surface area contributed by atoms with Crippen LogP contribution in [0.2, 0.25) is 0 Å². The largest absolute Gasteiger partial charge is 0.480 e. The number of carbonyl (C=O) groups is 1. The zero-order chi connectivity index (χ0) is 19.1. The van der Waals surface area contributed by atoms with Crippen molar-refractivity contribution in [3.8, 4) is 0 Å². The summed E-state index contributed by atoms with van der Waals surface area (Å²) in [5.41, 5.74) is 0.421. The van der Waals surface area contributed by atoms with E-state index in [4.69, 9.17) is 19.6 Å². The summed E-state index contributed by atoms with van der Waals surface area (Å²) in [6, 6.07) is 6.97. The van der Waals surface area contributed by atoms with E-state index in [1.807, 2.05) is 0 Å². The summed E-state index contributed by atoms with van der Waals surface area (Å²) >= 11 is 0. The monoisotopic (exact) mass is 391 g/mol. The van der Waals surface area contributed by atoms with E-state index in [0.717, 1.165) is 12.2 Å². The summed E-state index contributed by atoms with van der Waals surface area (Å²) in [5.74, 6) is 0.0908. The first kappa shape index (κ1) is 21.5. The maximum Gasteiger partial charge on any atom is 0.348 e. The Bertz CT molecular complexity index is 688. The molecule has 1 aromatic carbocycles. The lowest BCUT2D eigenvalue weighted by Crippen LogP contribution is -2.34. The van der Waals surface area contributed by atoms with Crippen LogP contribution in [0.25, 0.3) is 0 Å². The lowest BCUT2D eigenvalue weighted by Gasteiger charge is -2.27. The topological polar surface area (TPSA) is 156 Å². The molecule has 0 saturated carbocycles. The fourth-order valence-electron chi connectivity index (χ4n) is 2.07. The average molecular weight is 391 g/mol. The Morgan fingerprint density at radius 3 is 1.76 bits per heavy atom. The lowest BCUT2D eigenvalue weighted by molar-refractivity contribution is -0.143.